The highest BCUT2D eigenvalue weighted by molar-refractivity contribution is 7.21. The third kappa shape index (κ3) is 4.28. The number of anilines is 1. The summed E-state index contributed by atoms with van der Waals surface area (Å²) in [5.41, 5.74) is 1.16. The van der Waals surface area contributed by atoms with Gasteiger partial charge in [0.25, 0.3) is 5.91 Å². The molecule has 0 saturated carbocycles. The number of para-hydroxylation sites is 3. The lowest BCUT2D eigenvalue weighted by atomic mass is 10.2. The van der Waals surface area contributed by atoms with Crippen LogP contribution in [0.15, 0.2) is 72.8 Å². The fourth-order valence-corrected chi connectivity index (χ4v) is 3.93. The monoisotopic (exact) mass is 428 g/mol. The van der Waals surface area contributed by atoms with Crippen molar-refractivity contribution in [3.63, 3.8) is 0 Å². The number of halogens is 3. The first-order valence-electron chi connectivity index (χ1n) is 8.95. The second-order valence-corrected chi connectivity index (χ2v) is 7.39. The number of hydrogen-bond donors (Lipinski definition) is 1. The number of ether oxygens (including phenoxy) is 1. The second-order valence-electron chi connectivity index (χ2n) is 6.36. The van der Waals surface area contributed by atoms with Gasteiger partial charge < -0.3 is 10.1 Å². The zero-order valence-corrected chi connectivity index (χ0v) is 16.3. The van der Waals surface area contributed by atoms with Gasteiger partial charge in [0.2, 0.25) is 0 Å². The molecule has 1 heterocycles. The number of rotatable bonds is 5. The molecule has 3 aromatic carbocycles. The zero-order valence-electron chi connectivity index (χ0n) is 15.4. The summed E-state index contributed by atoms with van der Waals surface area (Å²) < 4.78 is 45.3. The largest absolute Gasteiger partial charge is 0.483 e. The van der Waals surface area contributed by atoms with Gasteiger partial charge in [-0.25, -0.2) is 4.98 Å². The topological polar surface area (TPSA) is 51.2 Å². The van der Waals surface area contributed by atoms with Crippen molar-refractivity contribution < 1.29 is 22.7 Å². The minimum atomic E-state index is -4.56. The van der Waals surface area contributed by atoms with E-state index < -0.39 is 24.3 Å². The molecular formula is C22H15F3N2O2S. The molecule has 0 fully saturated rings. The molecule has 0 aliphatic rings. The highest BCUT2D eigenvalue weighted by Gasteiger charge is 2.34. The van der Waals surface area contributed by atoms with Crippen LogP contribution in [0.5, 0.6) is 5.75 Å². The van der Waals surface area contributed by atoms with Crippen LogP contribution in [0.25, 0.3) is 20.8 Å². The van der Waals surface area contributed by atoms with E-state index in [4.69, 9.17) is 4.74 Å². The van der Waals surface area contributed by atoms with E-state index in [0.29, 0.717) is 5.69 Å². The summed E-state index contributed by atoms with van der Waals surface area (Å²) >= 11 is 1.49. The van der Waals surface area contributed by atoms with Crippen molar-refractivity contribution in [1.82, 2.24) is 4.98 Å². The quantitative estimate of drug-likeness (QED) is 0.424. The van der Waals surface area contributed by atoms with E-state index in [1.807, 2.05) is 36.4 Å². The van der Waals surface area contributed by atoms with E-state index in [9.17, 15) is 18.0 Å². The predicted molar refractivity (Wildman–Crippen MR) is 111 cm³/mol. The number of carbonyl (C=O) groups excluding carboxylic acids is 1. The molecule has 1 N–H and O–H groups in total. The van der Waals surface area contributed by atoms with E-state index in [0.717, 1.165) is 26.9 Å². The summed E-state index contributed by atoms with van der Waals surface area (Å²) in [4.78, 5) is 17.0. The lowest BCUT2D eigenvalue weighted by Crippen LogP contribution is -2.21. The van der Waals surface area contributed by atoms with Gasteiger partial charge >= 0.3 is 6.18 Å². The number of thiazole rings is 1. The van der Waals surface area contributed by atoms with Gasteiger partial charge in [0.15, 0.2) is 6.61 Å². The Kier molecular flexibility index (Phi) is 5.41. The van der Waals surface area contributed by atoms with Crippen molar-refractivity contribution in [3.05, 3.63) is 78.4 Å². The summed E-state index contributed by atoms with van der Waals surface area (Å²) in [6.45, 7) is -0.554. The molecule has 1 aromatic heterocycles. The molecule has 4 rings (SSSR count). The summed E-state index contributed by atoms with van der Waals surface area (Å²) in [5.74, 6) is -0.958. The maximum Gasteiger partial charge on any atom is 0.419 e. The van der Waals surface area contributed by atoms with Crippen LogP contribution in [0.1, 0.15) is 5.56 Å². The average molecular weight is 428 g/mol. The molecule has 1 amide bonds. The molecule has 152 valence electrons. The van der Waals surface area contributed by atoms with Crippen LogP contribution in [0.4, 0.5) is 18.9 Å². The van der Waals surface area contributed by atoms with Crippen molar-refractivity contribution in [2.45, 2.75) is 6.18 Å². The van der Waals surface area contributed by atoms with Crippen LogP contribution >= 0.6 is 11.3 Å². The highest BCUT2D eigenvalue weighted by atomic mass is 32.1. The van der Waals surface area contributed by atoms with Crippen molar-refractivity contribution in [2.75, 3.05) is 11.9 Å². The third-order valence-electron chi connectivity index (χ3n) is 4.28. The molecule has 0 unspecified atom stereocenters. The van der Waals surface area contributed by atoms with Crippen LogP contribution in [-0.4, -0.2) is 17.5 Å². The van der Waals surface area contributed by atoms with Crippen molar-refractivity contribution in [1.29, 1.82) is 0 Å². The van der Waals surface area contributed by atoms with E-state index >= 15 is 0 Å². The van der Waals surface area contributed by atoms with E-state index in [1.165, 1.54) is 29.5 Å². The Morgan fingerprint density at radius 2 is 1.67 bits per heavy atom. The van der Waals surface area contributed by atoms with E-state index in [-0.39, 0.29) is 5.75 Å². The third-order valence-corrected chi connectivity index (χ3v) is 5.35. The maximum atomic E-state index is 13.1. The lowest BCUT2D eigenvalue weighted by molar-refractivity contribution is -0.139. The molecule has 0 bridgehead atoms. The molecular weight excluding hydrogens is 413 g/mol. The SMILES string of the molecule is O=C(COc1ccccc1C(F)(F)F)Nc1ccccc1-c1nc2ccccc2s1. The number of hydrogen-bond acceptors (Lipinski definition) is 4. The van der Waals surface area contributed by atoms with Gasteiger partial charge in [-0.3, -0.25) is 4.79 Å². The van der Waals surface area contributed by atoms with Gasteiger partial charge in [-0.05, 0) is 36.4 Å². The van der Waals surface area contributed by atoms with Gasteiger partial charge in [-0.1, -0.05) is 36.4 Å². The minimum absolute atomic E-state index is 0.389. The number of nitrogens with zero attached hydrogens (tertiary/aromatic N) is 1. The normalized spacial score (nSPS) is 11.4. The van der Waals surface area contributed by atoms with Crippen molar-refractivity contribution >= 4 is 33.1 Å². The molecule has 0 aliphatic heterocycles. The molecule has 0 aliphatic carbocycles. The molecule has 8 heteroatoms. The molecule has 0 radical (unpaired) electrons. The fraction of sp³-hybridized carbons (Fsp3) is 0.0909. The standard InChI is InChI=1S/C22H15F3N2O2S/c23-22(24,25)15-8-2-5-11-18(15)29-13-20(28)26-16-9-3-1-7-14(16)21-27-17-10-4-6-12-19(17)30-21/h1-12H,13H2,(H,26,28). The zero-order chi connectivity index (χ0) is 21.1. The Morgan fingerprint density at radius 1 is 0.967 bits per heavy atom. The van der Waals surface area contributed by atoms with Crippen LogP contribution in [0, 0.1) is 0 Å². The number of nitrogens with one attached hydrogen (secondary N) is 1. The maximum absolute atomic E-state index is 13.1. The fourth-order valence-electron chi connectivity index (χ4n) is 2.92. The summed E-state index contributed by atoms with van der Waals surface area (Å²) in [6.07, 6.45) is -4.56. The summed E-state index contributed by atoms with van der Waals surface area (Å²) in [5, 5.41) is 3.44. The second kappa shape index (κ2) is 8.16. The molecule has 0 atom stereocenters. The Hall–Kier alpha value is -3.39. The number of aromatic nitrogens is 1. The lowest BCUT2D eigenvalue weighted by Gasteiger charge is -2.14. The first kappa shape index (κ1) is 19.9. The van der Waals surface area contributed by atoms with Crippen LogP contribution in [0.2, 0.25) is 0 Å². The minimum Gasteiger partial charge on any atom is -0.483 e. The van der Waals surface area contributed by atoms with Gasteiger partial charge in [-0.15, -0.1) is 11.3 Å². The van der Waals surface area contributed by atoms with E-state index in [1.54, 1.807) is 12.1 Å². The summed E-state index contributed by atoms with van der Waals surface area (Å²) in [6, 6.07) is 19.6. The number of alkyl halides is 3. The smallest absolute Gasteiger partial charge is 0.419 e. The Morgan fingerprint density at radius 3 is 2.47 bits per heavy atom. The number of benzene rings is 3. The molecule has 4 nitrogen and oxygen atoms in total. The molecule has 0 saturated heterocycles. The Bertz CT molecular complexity index is 1170. The number of fused-ring (bicyclic) bond motifs is 1. The first-order valence-corrected chi connectivity index (χ1v) is 9.77. The number of amides is 1. The van der Waals surface area contributed by atoms with Crippen molar-refractivity contribution in [2.24, 2.45) is 0 Å². The van der Waals surface area contributed by atoms with Gasteiger partial charge in [0.1, 0.15) is 10.8 Å². The van der Waals surface area contributed by atoms with Crippen LogP contribution < -0.4 is 10.1 Å². The molecule has 0 spiro atoms. The highest BCUT2D eigenvalue weighted by Crippen LogP contribution is 2.36. The first-order chi connectivity index (χ1) is 14.4. The number of carbonyl (C=O) groups is 1. The molecule has 30 heavy (non-hydrogen) atoms. The van der Waals surface area contributed by atoms with Crippen molar-refractivity contribution in [3.8, 4) is 16.3 Å². The van der Waals surface area contributed by atoms with Crippen LogP contribution in [0.3, 0.4) is 0 Å². The van der Waals surface area contributed by atoms with Crippen LogP contribution in [-0.2, 0) is 11.0 Å². The van der Waals surface area contributed by atoms with Gasteiger partial charge in [0.05, 0.1) is 21.5 Å². The predicted octanol–water partition coefficient (Wildman–Crippen LogP) is 6.00. The summed E-state index contributed by atoms with van der Waals surface area (Å²) in [7, 11) is 0. The Balaban J connectivity index is 1.51. The average Bonchev–Trinajstić information content (AvgIpc) is 3.16. The Labute approximate surface area is 174 Å². The molecule has 4 aromatic rings. The van der Waals surface area contributed by atoms with E-state index in [2.05, 4.69) is 10.3 Å². The van der Waals surface area contributed by atoms with Gasteiger partial charge in [0, 0.05) is 5.56 Å². The van der Waals surface area contributed by atoms with Gasteiger partial charge in [-0.2, -0.15) is 13.2 Å².